The minimum atomic E-state index is -3.44. The Morgan fingerprint density at radius 2 is 1.79 bits per heavy atom. The number of thiophene rings is 1. The summed E-state index contributed by atoms with van der Waals surface area (Å²) in [6, 6.07) is 18.8. The van der Waals surface area contributed by atoms with Gasteiger partial charge in [-0.2, -0.15) is 0 Å². The van der Waals surface area contributed by atoms with Gasteiger partial charge >= 0.3 is 0 Å². The van der Waals surface area contributed by atoms with E-state index >= 15 is 0 Å². The van der Waals surface area contributed by atoms with Gasteiger partial charge in [0.2, 0.25) is 10.0 Å². The molecule has 2 N–H and O–H groups in total. The van der Waals surface area contributed by atoms with Crippen LogP contribution in [0.1, 0.15) is 15.2 Å². The lowest BCUT2D eigenvalue weighted by atomic mass is 10.1. The molecule has 2 heterocycles. The van der Waals surface area contributed by atoms with Gasteiger partial charge in [-0.15, -0.1) is 17.9 Å². The molecule has 1 aromatic heterocycles. The molecule has 4 rings (SSSR count). The summed E-state index contributed by atoms with van der Waals surface area (Å²) in [5, 5.41) is 3.99. The molecule has 1 aliphatic rings. The molecule has 7 nitrogen and oxygen atoms in total. The van der Waals surface area contributed by atoms with E-state index in [9.17, 15) is 13.2 Å². The van der Waals surface area contributed by atoms with Crippen molar-refractivity contribution in [1.82, 2.24) is 4.72 Å². The molecule has 34 heavy (non-hydrogen) atoms. The summed E-state index contributed by atoms with van der Waals surface area (Å²) < 4.78 is 32.0. The van der Waals surface area contributed by atoms with Crippen molar-refractivity contribution in [3.63, 3.8) is 0 Å². The van der Waals surface area contributed by atoms with Crippen molar-refractivity contribution in [2.75, 3.05) is 43.1 Å². The van der Waals surface area contributed by atoms with Gasteiger partial charge in [0.1, 0.15) is 0 Å². The molecule has 0 atom stereocenters. The highest BCUT2D eigenvalue weighted by molar-refractivity contribution is 7.88. The Balaban J connectivity index is 1.50. The molecule has 0 spiro atoms. The van der Waals surface area contributed by atoms with Crippen molar-refractivity contribution in [3.8, 4) is 11.1 Å². The predicted molar refractivity (Wildman–Crippen MR) is 138 cm³/mol. The summed E-state index contributed by atoms with van der Waals surface area (Å²) in [7, 11) is -3.44. The third-order valence-corrected chi connectivity index (χ3v) is 7.85. The van der Waals surface area contributed by atoms with Crippen LogP contribution in [0.2, 0.25) is 0 Å². The highest BCUT2D eigenvalue weighted by Gasteiger charge is 2.22. The number of sulfonamides is 1. The zero-order valence-corrected chi connectivity index (χ0v) is 20.3. The summed E-state index contributed by atoms with van der Waals surface area (Å²) in [6.07, 6.45) is 1.49. The first-order chi connectivity index (χ1) is 16.4. The quantitative estimate of drug-likeness (QED) is 0.435. The topological polar surface area (TPSA) is 87.7 Å². The minimum Gasteiger partial charge on any atom is -0.378 e. The molecular weight excluding hydrogens is 470 g/mol. The van der Waals surface area contributed by atoms with E-state index in [4.69, 9.17) is 4.74 Å². The van der Waals surface area contributed by atoms with E-state index in [0.717, 1.165) is 29.2 Å². The number of nitrogens with one attached hydrogen (secondary N) is 2. The number of hydrogen-bond donors (Lipinski definition) is 2. The first-order valence-electron chi connectivity index (χ1n) is 11.0. The van der Waals surface area contributed by atoms with Gasteiger partial charge in [0.25, 0.3) is 5.91 Å². The second-order valence-corrected chi connectivity index (χ2v) is 10.7. The van der Waals surface area contributed by atoms with E-state index in [1.807, 2.05) is 36.4 Å². The Morgan fingerprint density at radius 1 is 1.09 bits per heavy atom. The van der Waals surface area contributed by atoms with Crippen molar-refractivity contribution >= 4 is 38.0 Å². The maximum absolute atomic E-state index is 13.1. The van der Waals surface area contributed by atoms with E-state index in [2.05, 4.69) is 21.5 Å². The van der Waals surface area contributed by atoms with Gasteiger partial charge < -0.3 is 15.0 Å². The molecule has 9 heteroatoms. The number of ether oxygens (including phenoxy) is 1. The molecule has 1 saturated heterocycles. The third-order valence-electron chi connectivity index (χ3n) is 5.34. The van der Waals surface area contributed by atoms with Crippen molar-refractivity contribution in [2.45, 2.75) is 5.75 Å². The van der Waals surface area contributed by atoms with Gasteiger partial charge in [-0.25, -0.2) is 13.1 Å². The Hall–Kier alpha value is -2.98. The predicted octanol–water partition coefficient (Wildman–Crippen LogP) is 4.11. The molecule has 0 radical (unpaired) electrons. The summed E-state index contributed by atoms with van der Waals surface area (Å²) in [5.41, 5.74) is 3.33. The van der Waals surface area contributed by atoms with Crippen LogP contribution in [0.4, 0.5) is 10.7 Å². The molecule has 0 unspecified atom stereocenters. The minimum absolute atomic E-state index is 0.136. The SMILES string of the molecule is C=CCNS(=O)(=O)Cc1ccc(NC(=O)c2cc(-c3ccccc3)c(N3CCOCC3)s2)cc1. The third kappa shape index (κ3) is 6.12. The fourth-order valence-electron chi connectivity index (χ4n) is 3.65. The molecule has 1 aliphatic heterocycles. The smallest absolute Gasteiger partial charge is 0.265 e. The number of rotatable bonds is 9. The fourth-order valence-corrected chi connectivity index (χ4v) is 5.88. The molecule has 0 aliphatic carbocycles. The number of morpholine rings is 1. The van der Waals surface area contributed by atoms with Gasteiger partial charge in [-0.1, -0.05) is 48.5 Å². The van der Waals surface area contributed by atoms with E-state index < -0.39 is 10.0 Å². The zero-order valence-electron chi connectivity index (χ0n) is 18.7. The lowest BCUT2D eigenvalue weighted by Gasteiger charge is -2.28. The van der Waals surface area contributed by atoms with Crippen LogP contribution in [0.15, 0.2) is 73.3 Å². The Bertz CT molecular complexity index is 1230. The van der Waals surface area contributed by atoms with Crippen molar-refractivity contribution in [3.05, 3.63) is 83.8 Å². The van der Waals surface area contributed by atoms with Crippen LogP contribution in [0.25, 0.3) is 11.1 Å². The number of nitrogens with zero attached hydrogens (tertiary/aromatic N) is 1. The van der Waals surface area contributed by atoms with E-state index in [-0.39, 0.29) is 18.2 Å². The summed E-state index contributed by atoms with van der Waals surface area (Å²) in [6.45, 7) is 6.60. The Kier molecular flexibility index (Phi) is 7.79. The van der Waals surface area contributed by atoms with Crippen LogP contribution in [-0.2, 0) is 20.5 Å². The molecular formula is C25H27N3O4S2. The standard InChI is InChI=1S/C25H27N3O4S2/c1-2-12-26-34(30,31)18-19-8-10-21(11-9-19)27-24(29)23-17-22(20-6-4-3-5-7-20)25(33-23)28-13-15-32-16-14-28/h2-11,17,26H,1,12-16,18H2,(H,27,29). The zero-order chi connectivity index (χ0) is 24.0. The lowest BCUT2D eigenvalue weighted by Crippen LogP contribution is -2.35. The second-order valence-electron chi connectivity index (χ2n) is 7.84. The molecule has 0 saturated carbocycles. The average Bonchev–Trinajstić information content (AvgIpc) is 3.31. The van der Waals surface area contributed by atoms with Crippen LogP contribution >= 0.6 is 11.3 Å². The van der Waals surface area contributed by atoms with Crippen LogP contribution in [-0.4, -0.2) is 47.2 Å². The van der Waals surface area contributed by atoms with Gasteiger partial charge in [-0.05, 0) is 29.3 Å². The molecule has 1 fully saturated rings. The van der Waals surface area contributed by atoms with E-state index in [1.165, 1.54) is 17.4 Å². The van der Waals surface area contributed by atoms with Gasteiger partial charge in [0, 0.05) is 30.9 Å². The van der Waals surface area contributed by atoms with Crippen molar-refractivity contribution < 1.29 is 17.9 Å². The number of hydrogen-bond acceptors (Lipinski definition) is 6. The number of amides is 1. The van der Waals surface area contributed by atoms with Crippen LogP contribution in [0.5, 0.6) is 0 Å². The average molecular weight is 498 g/mol. The van der Waals surface area contributed by atoms with E-state index in [1.54, 1.807) is 24.3 Å². The van der Waals surface area contributed by atoms with Crippen molar-refractivity contribution in [2.24, 2.45) is 0 Å². The second kappa shape index (κ2) is 11.0. The molecule has 3 aromatic rings. The van der Waals surface area contributed by atoms with Crippen LogP contribution in [0.3, 0.4) is 0 Å². The van der Waals surface area contributed by atoms with Crippen LogP contribution in [0, 0.1) is 0 Å². The number of carbonyl (C=O) groups is 1. The van der Waals surface area contributed by atoms with Gasteiger partial charge in [-0.3, -0.25) is 4.79 Å². The highest BCUT2D eigenvalue weighted by atomic mass is 32.2. The number of carbonyl (C=O) groups excluding carboxylic acids is 1. The fraction of sp³-hybridized carbons (Fsp3) is 0.240. The van der Waals surface area contributed by atoms with Gasteiger partial charge in [0.15, 0.2) is 0 Å². The summed E-state index contributed by atoms with van der Waals surface area (Å²) in [4.78, 5) is 15.9. The van der Waals surface area contributed by atoms with Crippen LogP contribution < -0.4 is 14.9 Å². The Morgan fingerprint density at radius 3 is 2.47 bits per heavy atom. The number of benzene rings is 2. The summed E-state index contributed by atoms with van der Waals surface area (Å²) >= 11 is 1.47. The number of anilines is 2. The molecule has 2 aromatic carbocycles. The summed E-state index contributed by atoms with van der Waals surface area (Å²) in [5.74, 6) is -0.335. The highest BCUT2D eigenvalue weighted by Crippen LogP contribution is 2.39. The maximum Gasteiger partial charge on any atom is 0.265 e. The first-order valence-corrected chi connectivity index (χ1v) is 13.4. The van der Waals surface area contributed by atoms with Crippen molar-refractivity contribution in [1.29, 1.82) is 0 Å². The largest absolute Gasteiger partial charge is 0.378 e. The molecule has 0 bridgehead atoms. The lowest BCUT2D eigenvalue weighted by molar-refractivity contribution is 0.103. The first kappa shape index (κ1) is 24.2. The Labute approximate surface area is 204 Å². The monoisotopic (exact) mass is 497 g/mol. The molecule has 1 amide bonds. The van der Waals surface area contributed by atoms with E-state index in [0.29, 0.717) is 29.3 Å². The maximum atomic E-state index is 13.1. The van der Waals surface area contributed by atoms with Gasteiger partial charge in [0.05, 0.1) is 28.8 Å². The molecule has 178 valence electrons. The normalized spacial score (nSPS) is 14.1.